The van der Waals surface area contributed by atoms with Crippen LogP contribution in [0.25, 0.3) is 0 Å². The van der Waals surface area contributed by atoms with Gasteiger partial charge in [-0.05, 0) is 43.7 Å². The largest absolute Gasteiger partial charge is 0.380 e. The van der Waals surface area contributed by atoms with E-state index < -0.39 is 0 Å². The van der Waals surface area contributed by atoms with Gasteiger partial charge in [0.2, 0.25) is 0 Å². The van der Waals surface area contributed by atoms with E-state index in [-0.39, 0.29) is 5.82 Å². The molecule has 0 radical (unpaired) electrons. The van der Waals surface area contributed by atoms with E-state index in [1.165, 1.54) is 12.1 Å². The minimum Gasteiger partial charge on any atom is -0.380 e. The zero-order valence-electron chi connectivity index (χ0n) is 11.8. The molecule has 0 amide bonds. The predicted molar refractivity (Wildman–Crippen MR) is 80.3 cm³/mol. The van der Waals surface area contributed by atoms with Crippen molar-refractivity contribution in [1.29, 1.82) is 0 Å². The molecule has 4 heteroatoms. The highest BCUT2D eigenvalue weighted by Crippen LogP contribution is 2.19. The monoisotopic (exact) mass is 285 g/mol. The minimum atomic E-state index is -0.184. The average molecular weight is 285 g/mol. The molecule has 0 heterocycles. The Morgan fingerprint density at radius 1 is 1.21 bits per heavy atom. The lowest BCUT2D eigenvalue weighted by Gasteiger charge is -2.18. The van der Waals surface area contributed by atoms with E-state index in [1.54, 1.807) is 11.8 Å². The molecule has 19 heavy (non-hydrogen) atoms. The van der Waals surface area contributed by atoms with E-state index in [9.17, 15) is 4.39 Å². The van der Waals surface area contributed by atoms with Crippen LogP contribution in [0.5, 0.6) is 0 Å². The molecule has 0 aromatic heterocycles. The summed E-state index contributed by atoms with van der Waals surface area (Å²) in [6.45, 7) is 6.82. The molecule has 0 aliphatic carbocycles. The number of ether oxygens (including phenoxy) is 1. The third-order valence-corrected chi connectivity index (χ3v) is 3.79. The van der Waals surface area contributed by atoms with Crippen molar-refractivity contribution in [2.45, 2.75) is 37.6 Å². The molecule has 0 saturated heterocycles. The van der Waals surface area contributed by atoms with Crippen molar-refractivity contribution in [3.8, 4) is 0 Å². The molecular weight excluding hydrogens is 261 g/mol. The lowest BCUT2D eigenvalue weighted by atomic mass is 10.3. The second kappa shape index (κ2) is 10.2. The Morgan fingerprint density at radius 3 is 2.58 bits per heavy atom. The Labute approximate surface area is 120 Å². The molecule has 1 unspecified atom stereocenters. The second-order valence-corrected chi connectivity index (χ2v) is 5.58. The van der Waals surface area contributed by atoms with Crippen LogP contribution in [-0.4, -0.2) is 31.6 Å². The Kier molecular flexibility index (Phi) is 8.88. The molecule has 1 N–H and O–H groups in total. The van der Waals surface area contributed by atoms with Crippen molar-refractivity contribution >= 4 is 11.8 Å². The van der Waals surface area contributed by atoms with Crippen molar-refractivity contribution < 1.29 is 9.13 Å². The lowest BCUT2D eigenvalue weighted by Crippen LogP contribution is -2.36. The molecular formula is C15H24FNOS. The maximum absolute atomic E-state index is 12.8. The van der Waals surface area contributed by atoms with Crippen LogP contribution in [0.2, 0.25) is 0 Å². The SMILES string of the molecule is CCCNC(COCCC)CSc1ccc(F)cc1. The highest BCUT2D eigenvalue weighted by atomic mass is 32.2. The topological polar surface area (TPSA) is 21.3 Å². The van der Waals surface area contributed by atoms with Gasteiger partial charge >= 0.3 is 0 Å². The summed E-state index contributed by atoms with van der Waals surface area (Å²) in [6, 6.07) is 7.00. The summed E-state index contributed by atoms with van der Waals surface area (Å²) in [6.07, 6.45) is 2.16. The molecule has 1 rings (SSSR count). The molecule has 0 bridgehead atoms. The fourth-order valence-electron chi connectivity index (χ4n) is 1.61. The van der Waals surface area contributed by atoms with Gasteiger partial charge in [0, 0.05) is 23.3 Å². The number of rotatable bonds is 10. The minimum absolute atomic E-state index is 0.184. The average Bonchev–Trinajstić information content (AvgIpc) is 2.43. The Hall–Kier alpha value is -0.580. The van der Waals surface area contributed by atoms with Crippen LogP contribution >= 0.6 is 11.8 Å². The van der Waals surface area contributed by atoms with Crippen LogP contribution in [0.3, 0.4) is 0 Å². The fraction of sp³-hybridized carbons (Fsp3) is 0.600. The third-order valence-electron chi connectivity index (χ3n) is 2.62. The van der Waals surface area contributed by atoms with Crippen LogP contribution in [-0.2, 0) is 4.74 Å². The summed E-state index contributed by atoms with van der Waals surface area (Å²) in [7, 11) is 0. The first-order valence-electron chi connectivity index (χ1n) is 6.95. The smallest absolute Gasteiger partial charge is 0.123 e. The second-order valence-electron chi connectivity index (χ2n) is 4.49. The van der Waals surface area contributed by atoms with Crippen molar-refractivity contribution in [3.63, 3.8) is 0 Å². The van der Waals surface area contributed by atoms with E-state index in [0.717, 1.165) is 43.2 Å². The molecule has 0 aliphatic rings. The molecule has 2 nitrogen and oxygen atoms in total. The van der Waals surface area contributed by atoms with E-state index >= 15 is 0 Å². The molecule has 1 atom stereocenters. The van der Waals surface area contributed by atoms with Crippen LogP contribution in [0.1, 0.15) is 26.7 Å². The highest BCUT2D eigenvalue weighted by molar-refractivity contribution is 7.99. The van der Waals surface area contributed by atoms with Crippen LogP contribution in [0, 0.1) is 5.82 Å². The summed E-state index contributed by atoms with van der Waals surface area (Å²) in [4.78, 5) is 1.10. The maximum atomic E-state index is 12.8. The van der Waals surface area contributed by atoms with Gasteiger partial charge in [0.1, 0.15) is 5.82 Å². The van der Waals surface area contributed by atoms with Gasteiger partial charge in [-0.2, -0.15) is 0 Å². The van der Waals surface area contributed by atoms with Gasteiger partial charge in [-0.25, -0.2) is 4.39 Å². The first-order valence-corrected chi connectivity index (χ1v) is 7.94. The van der Waals surface area contributed by atoms with Gasteiger partial charge in [0.05, 0.1) is 6.61 Å². The van der Waals surface area contributed by atoms with Crippen LogP contribution < -0.4 is 5.32 Å². The Morgan fingerprint density at radius 2 is 1.95 bits per heavy atom. The zero-order chi connectivity index (χ0) is 13.9. The maximum Gasteiger partial charge on any atom is 0.123 e. The van der Waals surface area contributed by atoms with Crippen molar-refractivity contribution in [3.05, 3.63) is 30.1 Å². The van der Waals surface area contributed by atoms with E-state index in [2.05, 4.69) is 19.2 Å². The number of nitrogens with one attached hydrogen (secondary N) is 1. The summed E-state index contributed by atoms with van der Waals surface area (Å²) in [5.74, 6) is 0.756. The molecule has 1 aromatic carbocycles. The number of hydrogen-bond acceptors (Lipinski definition) is 3. The first-order chi connectivity index (χ1) is 9.26. The molecule has 0 aliphatic heterocycles. The number of thioether (sulfide) groups is 1. The van der Waals surface area contributed by atoms with E-state index in [1.807, 2.05) is 12.1 Å². The van der Waals surface area contributed by atoms with Gasteiger partial charge in [0.15, 0.2) is 0 Å². The van der Waals surface area contributed by atoms with Gasteiger partial charge in [-0.15, -0.1) is 11.8 Å². The fourth-order valence-corrected chi connectivity index (χ4v) is 2.55. The highest BCUT2D eigenvalue weighted by Gasteiger charge is 2.08. The number of benzene rings is 1. The molecule has 0 fully saturated rings. The number of halogens is 1. The molecule has 108 valence electrons. The summed E-state index contributed by atoms with van der Waals surface area (Å²) in [5.41, 5.74) is 0. The lowest BCUT2D eigenvalue weighted by molar-refractivity contribution is 0.117. The normalized spacial score (nSPS) is 12.6. The summed E-state index contributed by atoms with van der Waals surface area (Å²) < 4.78 is 18.4. The number of hydrogen-bond donors (Lipinski definition) is 1. The van der Waals surface area contributed by atoms with Crippen LogP contribution in [0.4, 0.5) is 4.39 Å². The first kappa shape index (κ1) is 16.5. The Balaban J connectivity index is 2.35. The van der Waals surface area contributed by atoms with Gasteiger partial charge in [-0.1, -0.05) is 13.8 Å². The van der Waals surface area contributed by atoms with Crippen molar-refractivity contribution in [1.82, 2.24) is 5.32 Å². The van der Waals surface area contributed by atoms with Gasteiger partial charge in [-0.3, -0.25) is 0 Å². The van der Waals surface area contributed by atoms with Crippen LogP contribution in [0.15, 0.2) is 29.2 Å². The predicted octanol–water partition coefficient (Wildman–Crippen LogP) is 3.71. The zero-order valence-corrected chi connectivity index (χ0v) is 12.6. The Bertz CT molecular complexity index is 331. The van der Waals surface area contributed by atoms with Gasteiger partial charge in [0.25, 0.3) is 0 Å². The quantitative estimate of drug-likeness (QED) is 0.523. The standard InChI is InChI=1S/C15H24FNOS/c1-3-9-17-14(11-18-10-4-2)12-19-15-7-5-13(16)6-8-15/h5-8,14,17H,3-4,9-12H2,1-2H3. The van der Waals surface area contributed by atoms with Gasteiger partial charge < -0.3 is 10.1 Å². The molecule has 1 aromatic rings. The molecule has 0 spiro atoms. The summed E-state index contributed by atoms with van der Waals surface area (Å²) >= 11 is 1.74. The molecule has 0 saturated carbocycles. The van der Waals surface area contributed by atoms with E-state index in [0.29, 0.717) is 6.04 Å². The van der Waals surface area contributed by atoms with Crippen molar-refractivity contribution in [2.75, 3.05) is 25.5 Å². The third kappa shape index (κ3) is 7.55. The van der Waals surface area contributed by atoms with Crippen molar-refractivity contribution in [2.24, 2.45) is 0 Å². The summed E-state index contributed by atoms with van der Waals surface area (Å²) in [5, 5.41) is 3.49. The van der Waals surface area contributed by atoms with E-state index in [4.69, 9.17) is 4.74 Å².